The molecular weight excluding hydrogens is 374 g/mol. The Morgan fingerprint density at radius 2 is 1.79 bits per heavy atom. The van der Waals surface area contributed by atoms with Crippen molar-refractivity contribution in [3.05, 3.63) is 51.7 Å². The second kappa shape index (κ2) is 10.2. The highest BCUT2D eigenvalue weighted by Crippen LogP contribution is 2.26. The van der Waals surface area contributed by atoms with Crippen molar-refractivity contribution < 1.29 is 19.1 Å². The van der Waals surface area contributed by atoms with Crippen LogP contribution in [-0.2, 0) is 14.3 Å². The molecule has 0 saturated heterocycles. The minimum absolute atomic E-state index is 0.0448. The summed E-state index contributed by atoms with van der Waals surface area (Å²) in [4.78, 5) is 38.2. The summed E-state index contributed by atoms with van der Waals surface area (Å²) < 4.78 is 5.20. The van der Waals surface area contributed by atoms with Crippen LogP contribution in [0.4, 0.5) is 5.69 Å². The standard InChI is InChI=1S/C22H27NO4S/c1-5-14(2)17-8-6-7-9-18(17)23-22(26)16(4)27-21(25)13-11-19(24)20-12-10-15(3)28-20/h6-10,12,14,16H,5,11,13H2,1-4H3,(H,23,26). The highest BCUT2D eigenvalue weighted by Gasteiger charge is 2.20. The second-order valence-electron chi connectivity index (χ2n) is 6.85. The van der Waals surface area contributed by atoms with Crippen molar-refractivity contribution in [2.45, 2.75) is 59.0 Å². The summed E-state index contributed by atoms with van der Waals surface area (Å²) in [6, 6.07) is 11.3. The van der Waals surface area contributed by atoms with Crippen LogP contribution >= 0.6 is 11.3 Å². The third kappa shape index (κ3) is 6.02. The van der Waals surface area contributed by atoms with Crippen molar-refractivity contribution in [2.24, 2.45) is 0 Å². The van der Waals surface area contributed by atoms with E-state index in [-0.39, 0.29) is 24.5 Å². The van der Waals surface area contributed by atoms with E-state index in [2.05, 4.69) is 19.2 Å². The molecule has 0 aliphatic heterocycles. The molecule has 2 rings (SSSR count). The second-order valence-corrected chi connectivity index (χ2v) is 8.14. The molecular formula is C22H27NO4S. The minimum atomic E-state index is -0.934. The van der Waals surface area contributed by atoms with Crippen molar-refractivity contribution >= 4 is 34.7 Å². The maximum atomic E-state index is 12.4. The molecule has 1 aromatic heterocycles. The topological polar surface area (TPSA) is 72.5 Å². The molecule has 0 spiro atoms. The molecule has 1 heterocycles. The summed E-state index contributed by atoms with van der Waals surface area (Å²) in [7, 11) is 0. The molecule has 0 aliphatic carbocycles. The van der Waals surface area contributed by atoms with Gasteiger partial charge in [-0.25, -0.2) is 0 Å². The quantitative estimate of drug-likeness (QED) is 0.468. The van der Waals surface area contributed by atoms with Gasteiger partial charge in [0.2, 0.25) is 0 Å². The number of amides is 1. The summed E-state index contributed by atoms with van der Waals surface area (Å²) in [5.74, 6) is -0.723. The molecule has 0 saturated carbocycles. The smallest absolute Gasteiger partial charge is 0.307 e. The van der Waals surface area contributed by atoms with Crippen molar-refractivity contribution in [1.29, 1.82) is 0 Å². The number of Topliss-reactive ketones (excluding diaryl/α,β-unsaturated/α-hetero) is 1. The van der Waals surface area contributed by atoms with Gasteiger partial charge >= 0.3 is 5.97 Å². The predicted octanol–water partition coefficient (Wildman–Crippen LogP) is 5.10. The van der Waals surface area contributed by atoms with Gasteiger partial charge in [0.15, 0.2) is 11.9 Å². The van der Waals surface area contributed by atoms with Crippen LogP contribution in [0.3, 0.4) is 0 Å². The van der Waals surface area contributed by atoms with Crippen LogP contribution in [0.15, 0.2) is 36.4 Å². The largest absolute Gasteiger partial charge is 0.453 e. The lowest BCUT2D eigenvalue weighted by Gasteiger charge is -2.18. The van der Waals surface area contributed by atoms with E-state index in [4.69, 9.17) is 4.74 Å². The van der Waals surface area contributed by atoms with E-state index >= 15 is 0 Å². The minimum Gasteiger partial charge on any atom is -0.453 e. The third-order valence-electron chi connectivity index (χ3n) is 4.61. The van der Waals surface area contributed by atoms with E-state index in [1.165, 1.54) is 18.3 Å². The molecule has 2 aromatic rings. The van der Waals surface area contributed by atoms with Gasteiger partial charge in [-0.1, -0.05) is 32.0 Å². The monoisotopic (exact) mass is 401 g/mol. The first kappa shape index (κ1) is 21.8. The number of carbonyl (C=O) groups is 3. The maximum absolute atomic E-state index is 12.4. The first-order chi connectivity index (χ1) is 13.3. The Bertz CT molecular complexity index is 843. The number of aryl methyl sites for hydroxylation is 1. The number of anilines is 1. The highest BCUT2D eigenvalue weighted by atomic mass is 32.1. The fourth-order valence-corrected chi connectivity index (χ4v) is 3.56. The molecule has 2 unspecified atom stereocenters. The third-order valence-corrected chi connectivity index (χ3v) is 5.65. The van der Waals surface area contributed by atoms with Gasteiger partial charge in [-0.2, -0.15) is 0 Å². The van der Waals surface area contributed by atoms with Crippen LogP contribution in [0.2, 0.25) is 0 Å². The van der Waals surface area contributed by atoms with Gasteiger partial charge in [0, 0.05) is 17.0 Å². The average Bonchev–Trinajstić information content (AvgIpc) is 3.12. The van der Waals surface area contributed by atoms with Gasteiger partial charge in [0.25, 0.3) is 5.91 Å². The lowest BCUT2D eigenvalue weighted by Crippen LogP contribution is -2.30. The fourth-order valence-electron chi connectivity index (χ4n) is 2.73. The van der Waals surface area contributed by atoms with Crippen molar-refractivity contribution in [3.8, 4) is 0 Å². The van der Waals surface area contributed by atoms with E-state index in [9.17, 15) is 14.4 Å². The van der Waals surface area contributed by atoms with Crippen molar-refractivity contribution in [2.75, 3.05) is 5.32 Å². The molecule has 150 valence electrons. The Kier molecular flexibility index (Phi) is 7.93. The molecule has 2 atom stereocenters. The fraction of sp³-hybridized carbons (Fsp3) is 0.409. The Morgan fingerprint density at radius 3 is 2.43 bits per heavy atom. The Balaban J connectivity index is 1.86. The Labute approximate surface area is 170 Å². The normalized spacial score (nSPS) is 12.9. The number of nitrogens with one attached hydrogen (secondary N) is 1. The summed E-state index contributed by atoms with van der Waals surface area (Å²) in [6.07, 6.45) is 0.0485. The molecule has 1 aromatic carbocycles. The number of benzene rings is 1. The highest BCUT2D eigenvalue weighted by molar-refractivity contribution is 7.14. The van der Waals surface area contributed by atoms with Crippen LogP contribution in [0.25, 0.3) is 0 Å². The van der Waals surface area contributed by atoms with Gasteiger partial charge in [0.05, 0.1) is 11.3 Å². The zero-order valence-corrected chi connectivity index (χ0v) is 17.6. The number of para-hydroxylation sites is 1. The number of carbonyl (C=O) groups excluding carboxylic acids is 3. The lowest BCUT2D eigenvalue weighted by molar-refractivity contribution is -0.153. The molecule has 28 heavy (non-hydrogen) atoms. The van der Waals surface area contributed by atoms with Crippen LogP contribution in [-0.4, -0.2) is 23.8 Å². The average molecular weight is 402 g/mol. The Hall–Kier alpha value is -2.47. The SMILES string of the molecule is CCC(C)c1ccccc1NC(=O)C(C)OC(=O)CCC(=O)c1ccc(C)s1. The van der Waals surface area contributed by atoms with Gasteiger partial charge in [-0.3, -0.25) is 14.4 Å². The Morgan fingerprint density at radius 1 is 1.07 bits per heavy atom. The number of hydrogen-bond donors (Lipinski definition) is 1. The number of rotatable bonds is 9. The van der Waals surface area contributed by atoms with E-state index in [1.54, 1.807) is 6.07 Å². The van der Waals surface area contributed by atoms with E-state index in [0.29, 0.717) is 10.8 Å². The number of ether oxygens (including phenoxy) is 1. The first-order valence-corrected chi connectivity index (χ1v) is 10.3. The number of hydrogen-bond acceptors (Lipinski definition) is 5. The molecule has 1 N–H and O–H groups in total. The zero-order chi connectivity index (χ0) is 20.7. The number of thiophene rings is 1. The number of ketones is 1. The molecule has 5 nitrogen and oxygen atoms in total. The molecule has 0 aliphatic rings. The zero-order valence-electron chi connectivity index (χ0n) is 16.8. The van der Waals surface area contributed by atoms with Gasteiger partial charge in [0.1, 0.15) is 0 Å². The van der Waals surface area contributed by atoms with Crippen molar-refractivity contribution in [3.63, 3.8) is 0 Å². The van der Waals surface area contributed by atoms with Crippen LogP contribution in [0.1, 0.15) is 66.1 Å². The van der Waals surface area contributed by atoms with Gasteiger partial charge in [-0.05, 0) is 49.9 Å². The van der Waals surface area contributed by atoms with Crippen molar-refractivity contribution in [1.82, 2.24) is 0 Å². The molecule has 0 radical (unpaired) electrons. The molecule has 1 amide bonds. The number of esters is 1. The van der Waals surface area contributed by atoms with E-state index in [1.807, 2.05) is 37.3 Å². The van der Waals surface area contributed by atoms with Crippen LogP contribution in [0, 0.1) is 6.92 Å². The first-order valence-electron chi connectivity index (χ1n) is 9.50. The predicted molar refractivity (Wildman–Crippen MR) is 112 cm³/mol. The van der Waals surface area contributed by atoms with Crippen LogP contribution in [0.5, 0.6) is 0 Å². The molecule has 0 fully saturated rings. The summed E-state index contributed by atoms with van der Waals surface area (Å²) in [5, 5.41) is 2.84. The van der Waals surface area contributed by atoms with Gasteiger partial charge < -0.3 is 10.1 Å². The summed E-state index contributed by atoms with van der Waals surface area (Å²) in [5.41, 5.74) is 1.78. The van der Waals surface area contributed by atoms with E-state index in [0.717, 1.165) is 22.5 Å². The van der Waals surface area contributed by atoms with Crippen LogP contribution < -0.4 is 5.32 Å². The lowest BCUT2D eigenvalue weighted by atomic mass is 9.97. The molecule has 0 bridgehead atoms. The van der Waals surface area contributed by atoms with E-state index < -0.39 is 12.1 Å². The van der Waals surface area contributed by atoms with Gasteiger partial charge in [-0.15, -0.1) is 11.3 Å². The molecule has 6 heteroatoms. The summed E-state index contributed by atoms with van der Waals surface area (Å²) in [6.45, 7) is 7.64. The maximum Gasteiger partial charge on any atom is 0.307 e. The summed E-state index contributed by atoms with van der Waals surface area (Å²) >= 11 is 1.41.